The smallest absolute Gasteiger partial charge is 0.256 e. The number of aromatic nitrogens is 1. The molecule has 1 heterocycles. The number of rotatable bonds is 4. The Labute approximate surface area is 104 Å². The summed E-state index contributed by atoms with van der Waals surface area (Å²) in [6, 6.07) is 1.18. The predicted octanol–water partition coefficient (Wildman–Crippen LogP) is -0.370. The second-order valence-electron chi connectivity index (χ2n) is 3.96. The van der Waals surface area contributed by atoms with Gasteiger partial charge in [0, 0.05) is 19.3 Å². The fraction of sp³-hybridized carbons (Fsp3) is 0.400. The Morgan fingerprint density at radius 1 is 1.56 bits per heavy atom. The predicted molar refractivity (Wildman–Crippen MR) is 62.7 cm³/mol. The lowest BCUT2D eigenvalue weighted by Gasteiger charge is -2.10. The van der Waals surface area contributed by atoms with Crippen molar-refractivity contribution in [3.05, 3.63) is 17.8 Å². The highest BCUT2D eigenvalue weighted by Crippen LogP contribution is 2.29. The number of nitrogens with two attached hydrogens (primary N) is 1. The largest absolute Gasteiger partial charge is 0.489 e. The summed E-state index contributed by atoms with van der Waals surface area (Å²) in [6.07, 6.45) is 2.96. The number of nitrogens with zero attached hydrogens (tertiary/aromatic N) is 1. The van der Waals surface area contributed by atoms with Crippen molar-refractivity contribution >= 4 is 15.9 Å². The van der Waals surface area contributed by atoms with Crippen molar-refractivity contribution in [2.24, 2.45) is 5.14 Å². The standard InChI is InChI=1S/C10H13N3O4S/c1-12-10(14)7-5-13-9(18(11,15)16)4-8(7)17-6-2-3-6/h4-6H,2-3H2,1H3,(H,12,14)(H2,11,15,16). The van der Waals surface area contributed by atoms with Gasteiger partial charge in [0.15, 0.2) is 5.03 Å². The monoisotopic (exact) mass is 271 g/mol. The summed E-state index contributed by atoms with van der Waals surface area (Å²) >= 11 is 0. The first-order chi connectivity index (χ1) is 8.41. The molecule has 18 heavy (non-hydrogen) atoms. The molecule has 1 amide bonds. The molecule has 3 N–H and O–H groups in total. The Morgan fingerprint density at radius 3 is 2.72 bits per heavy atom. The normalized spacial score (nSPS) is 15.2. The number of ether oxygens (including phenoxy) is 1. The van der Waals surface area contributed by atoms with E-state index in [-0.39, 0.29) is 28.4 Å². The summed E-state index contributed by atoms with van der Waals surface area (Å²) in [6.45, 7) is 0. The van der Waals surface area contributed by atoms with Crippen LogP contribution in [0, 0.1) is 0 Å². The molecule has 2 rings (SSSR count). The van der Waals surface area contributed by atoms with E-state index in [1.807, 2.05) is 0 Å². The lowest BCUT2D eigenvalue weighted by molar-refractivity contribution is 0.0958. The number of primary sulfonamides is 1. The van der Waals surface area contributed by atoms with Crippen molar-refractivity contribution in [1.82, 2.24) is 10.3 Å². The molecule has 98 valence electrons. The number of hydrogen-bond acceptors (Lipinski definition) is 5. The van der Waals surface area contributed by atoms with Gasteiger partial charge in [-0.15, -0.1) is 0 Å². The molecule has 0 unspecified atom stereocenters. The summed E-state index contributed by atoms with van der Waals surface area (Å²) in [7, 11) is -2.44. The molecule has 0 saturated heterocycles. The van der Waals surface area contributed by atoms with Gasteiger partial charge < -0.3 is 10.1 Å². The maximum atomic E-state index is 11.6. The van der Waals surface area contributed by atoms with Gasteiger partial charge >= 0.3 is 0 Å². The average Bonchev–Trinajstić information content (AvgIpc) is 3.10. The number of hydrogen-bond donors (Lipinski definition) is 2. The van der Waals surface area contributed by atoms with Crippen LogP contribution in [-0.4, -0.2) is 32.5 Å². The van der Waals surface area contributed by atoms with E-state index in [1.165, 1.54) is 13.1 Å². The Bertz CT molecular complexity index is 581. The van der Waals surface area contributed by atoms with Crippen LogP contribution in [0.15, 0.2) is 17.3 Å². The van der Waals surface area contributed by atoms with E-state index in [4.69, 9.17) is 9.88 Å². The first-order valence-electron chi connectivity index (χ1n) is 5.33. The van der Waals surface area contributed by atoms with Gasteiger partial charge in [0.25, 0.3) is 15.9 Å². The van der Waals surface area contributed by atoms with E-state index in [9.17, 15) is 13.2 Å². The highest BCUT2D eigenvalue weighted by molar-refractivity contribution is 7.89. The maximum absolute atomic E-state index is 11.6. The number of sulfonamides is 1. The molecular formula is C10H13N3O4S. The molecule has 1 fully saturated rings. The summed E-state index contributed by atoms with van der Waals surface area (Å²) in [5, 5.41) is 7.10. The molecule has 0 radical (unpaired) electrons. The first-order valence-corrected chi connectivity index (χ1v) is 6.88. The van der Waals surface area contributed by atoms with E-state index in [2.05, 4.69) is 10.3 Å². The molecule has 1 aliphatic rings. The van der Waals surface area contributed by atoms with E-state index in [0.717, 1.165) is 19.0 Å². The van der Waals surface area contributed by atoms with Gasteiger partial charge in [-0.05, 0) is 12.8 Å². The Hall–Kier alpha value is -1.67. The molecule has 1 aliphatic carbocycles. The van der Waals surface area contributed by atoms with Crippen LogP contribution in [0.1, 0.15) is 23.2 Å². The van der Waals surface area contributed by atoms with Crippen LogP contribution in [0.3, 0.4) is 0 Å². The van der Waals surface area contributed by atoms with Crippen molar-refractivity contribution in [2.75, 3.05) is 7.05 Å². The van der Waals surface area contributed by atoms with E-state index in [0.29, 0.717) is 0 Å². The number of carbonyl (C=O) groups is 1. The first kappa shape index (κ1) is 12.8. The summed E-state index contributed by atoms with van der Waals surface area (Å²) < 4.78 is 27.9. The zero-order chi connectivity index (χ0) is 13.3. The van der Waals surface area contributed by atoms with Crippen LogP contribution < -0.4 is 15.2 Å². The van der Waals surface area contributed by atoms with Crippen molar-refractivity contribution < 1.29 is 17.9 Å². The molecule has 1 aromatic rings. The Balaban J connectivity index is 2.43. The van der Waals surface area contributed by atoms with Gasteiger partial charge in [0.1, 0.15) is 5.75 Å². The van der Waals surface area contributed by atoms with Gasteiger partial charge in [-0.3, -0.25) is 4.79 Å². The third kappa shape index (κ3) is 2.77. The van der Waals surface area contributed by atoms with Crippen LogP contribution >= 0.6 is 0 Å². The SMILES string of the molecule is CNC(=O)c1cnc(S(N)(=O)=O)cc1OC1CC1. The molecule has 0 atom stereocenters. The molecule has 0 bridgehead atoms. The minimum atomic E-state index is -3.91. The van der Waals surface area contributed by atoms with Crippen molar-refractivity contribution in [2.45, 2.75) is 24.0 Å². The minimum Gasteiger partial charge on any atom is -0.489 e. The van der Waals surface area contributed by atoms with Crippen LogP contribution in [0.25, 0.3) is 0 Å². The van der Waals surface area contributed by atoms with Crippen LogP contribution in [0.2, 0.25) is 0 Å². The minimum absolute atomic E-state index is 0.0316. The third-order valence-electron chi connectivity index (χ3n) is 2.42. The highest BCUT2D eigenvalue weighted by atomic mass is 32.2. The van der Waals surface area contributed by atoms with Gasteiger partial charge in [-0.2, -0.15) is 0 Å². The lowest BCUT2D eigenvalue weighted by Crippen LogP contribution is -2.21. The zero-order valence-corrected chi connectivity index (χ0v) is 10.5. The van der Waals surface area contributed by atoms with Crippen molar-refractivity contribution in [3.63, 3.8) is 0 Å². The molecule has 0 spiro atoms. The maximum Gasteiger partial charge on any atom is 0.256 e. The Kier molecular flexibility index (Phi) is 3.22. The van der Waals surface area contributed by atoms with Gasteiger partial charge in [0.05, 0.1) is 11.7 Å². The van der Waals surface area contributed by atoms with Crippen molar-refractivity contribution in [1.29, 1.82) is 0 Å². The highest BCUT2D eigenvalue weighted by Gasteiger charge is 2.27. The van der Waals surface area contributed by atoms with Gasteiger partial charge in [-0.25, -0.2) is 18.5 Å². The lowest BCUT2D eigenvalue weighted by atomic mass is 10.2. The summed E-state index contributed by atoms with van der Waals surface area (Å²) in [5.74, 6) is -0.199. The van der Waals surface area contributed by atoms with Crippen LogP contribution in [0.5, 0.6) is 5.75 Å². The Morgan fingerprint density at radius 2 is 2.22 bits per heavy atom. The second-order valence-corrected chi connectivity index (χ2v) is 5.47. The third-order valence-corrected chi connectivity index (χ3v) is 3.23. The van der Waals surface area contributed by atoms with E-state index < -0.39 is 10.0 Å². The van der Waals surface area contributed by atoms with Gasteiger partial charge in [-0.1, -0.05) is 0 Å². The van der Waals surface area contributed by atoms with Crippen LogP contribution in [0.4, 0.5) is 0 Å². The molecule has 0 aromatic carbocycles. The average molecular weight is 271 g/mol. The second kappa shape index (κ2) is 4.54. The molecular weight excluding hydrogens is 258 g/mol. The fourth-order valence-electron chi connectivity index (χ4n) is 1.34. The number of pyridine rings is 1. The number of nitrogens with one attached hydrogen (secondary N) is 1. The molecule has 1 aromatic heterocycles. The van der Waals surface area contributed by atoms with E-state index in [1.54, 1.807) is 0 Å². The summed E-state index contributed by atoms with van der Waals surface area (Å²) in [5.41, 5.74) is 0.191. The van der Waals surface area contributed by atoms with Crippen molar-refractivity contribution in [3.8, 4) is 5.75 Å². The topological polar surface area (TPSA) is 111 Å². The number of carbonyl (C=O) groups excluding carboxylic acids is 1. The quantitative estimate of drug-likeness (QED) is 0.776. The zero-order valence-electron chi connectivity index (χ0n) is 9.71. The van der Waals surface area contributed by atoms with Crippen LogP contribution in [-0.2, 0) is 10.0 Å². The summed E-state index contributed by atoms with van der Waals surface area (Å²) in [4.78, 5) is 15.2. The van der Waals surface area contributed by atoms with E-state index >= 15 is 0 Å². The fourth-order valence-corrected chi connectivity index (χ4v) is 1.81. The molecule has 0 aliphatic heterocycles. The van der Waals surface area contributed by atoms with Gasteiger partial charge in [0.2, 0.25) is 0 Å². The molecule has 1 saturated carbocycles. The number of amides is 1. The molecule has 8 heteroatoms. The molecule has 7 nitrogen and oxygen atoms in total.